The van der Waals surface area contributed by atoms with E-state index in [1.54, 1.807) is 29.9 Å². The summed E-state index contributed by atoms with van der Waals surface area (Å²) in [7, 11) is 0. The zero-order valence-corrected chi connectivity index (χ0v) is 21.2. The third-order valence-electron chi connectivity index (χ3n) is 6.35. The predicted octanol–water partition coefficient (Wildman–Crippen LogP) is 5.67. The van der Waals surface area contributed by atoms with E-state index in [0.717, 1.165) is 69.5 Å². The third kappa shape index (κ3) is 4.65. The summed E-state index contributed by atoms with van der Waals surface area (Å²) in [6.07, 6.45) is 12.0. The van der Waals surface area contributed by atoms with Gasteiger partial charge in [-0.15, -0.1) is 0 Å². The molecule has 0 saturated carbocycles. The minimum absolute atomic E-state index is 0.0166. The van der Waals surface area contributed by atoms with Crippen molar-refractivity contribution in [3.05, 3.63) is 77.0 Å². The Hall–Kier alpha value is -4.24. The fourth-order valence-electron chi connectivity index (χ4n) is 4.57. The SMILES string of the molecule is CCCC(=O)Nc1cncc(-c2cnc3c(c2)C(c2nc4c(-c5ccsc5)cncc4[nH]2)=NCCC3)c1. The minimum atomic E-state index is -0.0166. The topological polar surface area (TPSA) is 109 Å². The lowest BCUT2D eigenvalue weighted by molar-refractivity contribution is -0.116. The van der Waals surface area contributed by atoms with Gasteiger partial charge in [-0.3, -0.25) is 24.7 Å². The molecule has 0 atom stereocenters. The number of carbonyl (C=O) groups excluding carboxylic acids is 1. The van der Waals surface area contributed by atoms with Gasteiger partial charge in [-0.05, 0) is 53.8 Å². The number of thiophene rings is 1. The first-order valence-electron chi connectivity index (χ1n) is 12.4. The van der Waals surface area contributed by atoms with E-state index >= 15 is 0 Å². The predicted molar refractivity (Wildman–Crippen MR) is 147 cm³/mol. The molecule has 2 N–H and O–H groups in total. The van der Waals surface area contributed by atoms with E-state index in [-0.39, 0.29) is 5.91 Å². The van der Waals surface area contributed by atoms with E-state index in [1.165, 1.54) is 0 Å². The summed E-state index contributed by atoms with van der Waals surface area (Å²) < 4.78 is 0. The normalized spacial score (nSPS) is 13.2. The lowest BCUT2D eigenvalue weighted by atomic mass is 10.0. The van der Waals surface area contributed by atoms with Gasteiger partial charge in [0.2, 0.25) is 5.91 Å². The maximum Gasteiger partial charge on any atom is 0.224 e. The van der Waals surface area contributed by atoms with Crippen LogP contribution in [0.15, 0.2) is 64.9 Å². The Bertz CT molecular complexity index is 1620. The van der Waals surface area contributed by atoms with Gasteiger partial charge in [0.15, 0.2) is 5.82 Å². The number of aromatic nitrogens is 5. The molecule has 0 aliphatic carbocycles. The summed E-state index contributed by atoms with van der Waals surface area (Å²) in [5, 5.41) is 7.08. The summed E-state index contributed by atoms with van der Waals surface area (Å²) in [5.41, 5.74) is 9.06. The highest BCUT2D eigenvalue weighted by molar-refractivity contribution is 7.08. The Kier molecular flexibility index (Phi) is 6.28. The Balaban J connectivity index is 1.40. The number of fused-ring (bicyclic) bond motifs is 2. The van der Waals surface area contributed by atoms with E-state index < -0.39 is 0 Å². The van der Waals surface area contributed by atoms with Crippen LogP contribution in [0.2, 0.25) is 0 Å². The lowest BCUT2D eigenvalue weighted by Crippen LogP contribution is -2.11. The number of hydrogen-bond acceptors (Lipinski definition) is 7. The molecule has 8 nitrogen and oxygen atoms in total. The second-order valence-corrected chi connectivity index (χ2v) is 9.77. The highest BCUT2D eigenvalue weighted by atomic mass is 32.1. The first-order chi connectivity index (χ1) is 18.2. The first kappa shape index (κ1) is 23.2. The van der Waals surface area contributed by atoms with Crippen molar-refractivity contribution in [2.75, 3.05) is 11.9 Å². The number of aliphatic imine (C=N–C) groups is 1. The molecule has 0 unspecified atom stereocenters. The van der Waals surface area contributed by atoms with E-state index in [9.17, 15) is 4.79 Å². The molecular weight excluding hydrogens is 482 g/mol. The molecule has 0 fully saturated rings. The van der Waals surface area contributed by atoms with Gasteiger partial charge in [0.1, 0.15) is 11.2 Å². The monoisotopic (exact) mass is 507 g/mol. The number of aryl methyl sites for hydroxylation is 1. The number of nitrogens with zero attached hydrogens (tertiary/aromatic N) is 5. The van der Waals surface area contributed by atoms with Crippen LogP contribution in [0.5, 0.6) is 0 Å². The average molecular weight is 508 g/mol. The molecule has 0 aromatic carbocycles. The molecule has 0 bridgehead atoms. The number of amides is 1. The number of H-pyrrole nitrogens is 1. The fraction of sp³-hybridized carbons (Fsp3) is 0.214. The molecule has 9 heteroatoms. The van der Waals surface area contributed by atoms with Gasteiger partial charge in [0.25, 0.3) is 0 Å². The Morgan fingerprint density at radius 1 is 1.05 bits per heavy atom. The number of hydrogen-bond donors (Lipinski definition) is 2. The molecule has 0 saturated heterocycles. The number of nitrogens with one attached hydrogen (secondary N) is 2. The number of aromatic amines is 1. The average Bonchev–Trinajstić information content (AvgIpc) is 3.55. The summed E-state index contributed by atoms with van der Waals surface area (Å²) >= 11 is 1.65. The number of rotatable bonds is 6. The second kappa shape index (κ2) is 10.0. The summed E-state index contributed by atoms with van der Waals surface area (Å²) in [4.78, 5) is 39.0. The molecule has 5 aromatic rings. The van der Waals surface area contributed by atoms with E-state index in [1.807, 2.05) is 25.4 Å². The minimum Gasteiger partial charge on any atom is -0.335 e. The standard InChI is InChI=1S/C28H25N7OS/c1-2-4-25(36)33-20-9-18(11-29-13-20)19-10-21-23(32-12-19)5-3-7-31-27(21)28-34-24-15-30-14-22(26(24)35-28)17-6-8-37-16-17/h6,8-16H,2-5,7H2,1H3,(H,33,36)(H,34,35). The molecule has 184 valence electrons. The van der Waals surface area contributed by atoms with Crippen LogP contribution in [0.1, 0.15) is 43.3 Å². The number of anilines is 1. The highest BCUT2D eigenvalue weighted by Gasteiger charge is 2.21. The zero-order valence-electron chi connectivity index (χ0n) is 20.4. The van der Waals surface area contributed by atoms with E-state index in [2.05, 4.69) is 43.2 Å². The van der Waals surface area contributed by atoms with Crippen molar-refractivity contribution in [2.45, 2.75) is 32.6 Å². The van der Waals surface area contributed by atoms with Crippen LogP contribution in [0, 0.1) is 0 Å². The van der Waals surface area contributed by atoms with Crippen LogP contribution in [0.25, 0.3) is 33.3 Å². The molecule has 1 aliphatic rings. The van der Waals surface area contributed by atoms with Crippen molar-refractivity contribution in [1.82, 2.24) is 24.9 Å². The summed E-state index contributed by atoms with van der Waals surface area (Å²) in [5.74, 6) is 0.692. The smallest absolute Gasteiger partial charge is 0.224 e. The molecule has 0 spiro atoms. The number of pyridine rings is 3. The van der Waals surface area contributed by atoms with Gasteiger partial charge >= 0.3 is 0 Å². The molecule has 37 heavy (non-hydrogen) atoms. The molecule has 6 rings (SSSR count). The van der Waals surface area contributed by atoms with Crippen molar-refractivity contribution >= 4 is 39.7 Å². The first-order valence-corrected chi connectivity index (χ1v) is 13.3. The maximum atomic E-state index is 12.1. The largest absolute Gasteiger partial charge is 0.335 e. The number of imidazole rings is 1. The summed E-state index contributed by atoms with van der Waals surface area (Å²) in [6, 6.07) is 6.11. The van der Waals surface area contributed by atoms with E-state index in [4.69, 9.17) is 15.0 Å². The Labute approximate surface area is 218 Å². The van der Waals surface area contributed by atoms with Crippen molar-refractivity contribution in [3.63, 3.8) is 0 Å². The number of carbonyl (C=O) groups is 1. The van der Waals surface area contributed by atoms with Gasteiger partial charge in [-0.2, -0.15) is 11.3 Å². The summed E-state index contributed by atoms with van der Waals surface area (Å²) in [6.45, 7) is 2.68. The molecule has 5 aromatic heterocycles. The second-order valence-electron chi connectivity index (χ2n) is 8.99. The quantitative estimate of drug-likeness (QED) is 0.308. The Morgan fingerprint density at radius 2 is 1.95 bits per heavy atom. The molecule has 1 amide bonds. The van der Waals surface area contributed by atoms with E-state index in [0.29, 0.717) is 24.5 Å². The highest BCUT2D eigenvalue weighted by Crippen LogP contribution is 2.30. The zero-order chi connectivity index (χ0) is 25.2. The molecule has 1 aliphatic heterocycles. The van der Waals surface area contributed by atoms with Crippen molar-refractivity contribution in [3.8, 4) is 22.3 Å². The van der Waals surface area contributed by atoms with Gasteiger partial charge in [0.05, 0.1) is 23.6 Å². The fourth-order valence-corrected chi connectivity index (χ4v) is 5.23. The van der Waals surface area contributed by atoms with Crippen molar-refractivity contribution in [1.29, 1.82) is 0 Å². The van der Waals surface area contributed by atoms with Crippen molar-refractivity contribution in [2.24, 2.45) is 4.99 Å². The van der Waals surface area contributed by atoms with Crippen LogP contribution in [0.3, 0.4) is 0 Å². The third-order valence-corrected chi connectivity index (χ3v) is 7.03. The van der Waals surface area contributed by atoms with Crippen molar-refractivity contribution < 1.29 is 4.79 Å². The van der Waals surface area contributed by atoms with Crippen LogP contribution < -0.4 is 5.32 Å². The molecule has 6 heterocycles. The van der Waals surface area contributed by atoms with Crippen LogP contribution in [0.4, 0.5) is 5.69 Å². The lowest BCUT2D eigenvalue weighted by Gasteiger charge is -2.11. The van der Waals surface area contributed by atoms with Crippen LogP contribution in [-0.2, 0) is 11.2 Å². The molecule has 0 radical (unpaired) electrons. The van der Waals surface area contributed by atoms with Gasteiger partial charge in [-0.25, -0.2) is 4.98 Å². The van der Waals surface area contributed by atoms with Crippen LogP contribution in [-0.4, -0.2) is 43.1 Å². The van der Waals surface area contributed by atoms with Gasteiger partial charge in [-0.1, -0.05) is 6.92 Å². The van der Waals surface area contributed by atoms with Crippen LogP contribution >= 0.6 is 11.3 Å². The molecular formula is C28H25N7OS. The maximum absolute atomic E-state index is 12.1. The van der Waals surface area contributed by atoms with Gasteiger partial charge < -0.3 is 10.3 Å². The van der Waals surface area contributed by atoms with Gasteiger partial charge in [0, 0.05) is 59.5 Å². The Morgan fingerprint density at radius 3 is 2.81 bits per heavy atom.